The Morgan fingerprint density at radius 1 is 0.554 bits per heavy atom. The largest absolute Gasteiger partial charge is 0.756 e. The summed E-state index contributed by atoms with van der Waals surface area (Å²) < 4.78 is 33.9. The first-order valence-corrected chi connectivity index (χ1v) is 24.5. The fraction of sp³-hybridized carbons (Fsp3) is 0.870. The van der Waals surface area contributed by atoms with Gasteiger partial charge in [-0.25, -0.2) is 0 Å². The standard InChI is InChI=1S/C46H88NO8P/c1-6-8-10-12-14-16-18-19-20-21-22-23-24-25-26-27-29-31-33-35-37-39-46(49)55-44(43-54-56(50,51)53-41-40-47(3,4)5)42-52-45(48)38-36-34-32-30-28-17-15-13-11-9-7-2/h18-19,21-22,44H,6-17,20,23-43H2,1-5H3/b19-18-,22-21-. The predicted octanol–water partition coefficient (Wildman–Crippen LogP) is 12.5. The van der Waals surface area contributed by atoms with E-state index in [1.807, 2.05) is 21.1 Å². The van der Waals surface area contributed by atoms with Crippen LogP contribution in [-0.4, -0.2) is 70.0 Å². The number of carbonyl (C=O) groups is 2. The molecule has 2 atom stereocenters. The summed E-state index contributed by atoms with van der Waals surface area (Å²) in [7, 11) is 1.17. The van der Waals surface area contributed by atoms with Crippen molar-refractivity contribution < 1.29 is 42.1 Å². The number of allylic oxidation sites excluding steroid dienone is 4. The molecule has 9 nitrogen and oxygen atoms in total. The summed E-state index contributed by atoms with van der Waals surface area (Å²) in [5.41, 5.74) is 0. The Hall–Kier alpha value is -1.51. The number of nitrogens with zero attached hydrogens (tertiary/aromatic N) is 1. The zero-order valence-corrected chi connectivity index (χ0v) is 38.0. The molecule has 2 unspecified atom stereocenters. The van der Waals surface area contributed by atoms with Crippen LogP contribution in [0.3, 0.4) is 0 Å². The number of likely N-dealkylation sites (N-methyl/N-ethyl adjacent to an activating group) is 1. The molecular formula is C46H88NO8P. The fourth-order valence-corrected chi connectivity index (χ4v) is 7.06. The highest BCUT2D eigenvalue weighted by Crippen LogP contribution is 2.38. The van der Waals surface area contributed by atoms with Crippen molar-refractivity contribution in [2.45, 2.75) is 213 Å². The third-order valence-corrected chi connectivity index (χ3v) is 10.9. The summed E-state index contributed by atoms with van der Waals surface area (Å²) in [6.45, 7) is 4.22. The molecule has 0 amide bonds. The number of ether oxygens (including phenoxy) is 2. The van der Waals surface area contributed by atoms with Gasteiger partial charge in [0, 0.05) is 12.8 Å². The zero-order valence-electron chi connectivity index (χ0n) is 37.1. The normalized spacial score (nSPS) is 13.8. The van der Waals surface area contributed by atoms with Crippen LogP contribution in [0.2, 0.25) is 0 Å². The van der Waals surface area contributed by atoms with Gasteiger partial charge in [0.1, 0.15) is 19.8 Å². The highest BCUT2D eigenvalue weighted by molar-refractivity contribution is 7.45. The molecule has 0 aromatic carbocycles. The number of hydrogen-bond acceptors (Lipinski definition) is 8. The molecule has 10 heteroatoms. The van der Waals surface area contributed by atoms with Gasteiger partial charge in [-0.15, -0.1) is 0 Å². The van der Waals surface area contributed by atoms with Crippen molar-refractivity contribution in [1.82, 2.24) is 0 Å². The Kier molecular flexibility index (Phi) is 37.9. The molecule has 0 aliphatic rings. The van der Waals surface area contributed by atoms with Crippen LogP contribution in [0.4, 0.5) is 0 Å². The predicted molar refractivity (Wildman–Crippen MR) is 231 cm³/mol. The van der Waals surface area contributed by atoms with Crippen molar-refractivity contribution in [2.24, 2.45) is 0 Å². The SMILES string of the molecule is CCCCCCC/C=C\C/C=C\CCCCCCCCCCCC(=O)OC(COC(=O)CCCCCCCCCCCCC)COP(=O)([O-])OCC[N+](C)(C)C. The minimum absolute atomic E-state index is 0.0298. The van der Waals surface area contributed by atoms with Crippen molar-refractivity contribution in [1.29, 1.82) is 0 Å². The molecule has 0 aromatic rings. The molecule has 0 aromatic heterocycles. The quantitative estimate of drug-likeness (QED) is 0.0197. The van der Waals surface area contributed by atoms with Crippen molar-refractivity contribution >= 4 is 19.8 Å². The van der Waals surface area contributed by atoms with Gasteiger partial charge < -0.3 is 27.9 Å². The number of hydrogen-bond donors (Lipinski definition) is 0. The number of quaternary nitrogens is 1. The summed E-state index contributed by atoms with van der Waals surface area (Å²) in [6.07, 6.45) is 42.0. The van der Waals surface area contributed by atoms with Gasteiger partial charge in [-0.05, 0) is 44.9 Å². The second-order valence-corrected chi connectivity index (χ2v) is 18.2. The molecule has 0 aliphatic carbocycles. The van der Waals surface area contributed by atoms with Crippen molar-refractivity contribution in [3.05, 3.63) is 24.3 Å². The van der Waals surface area contributed by atoms with Crippen LogP contribution < -0.4 is 4.89 Å². The maximum atomic E-state index is 12.7. The van der Waals surface area contributed by atoms with E-state index in [2.05, 4.69) is 38.2 Å². The van der Waals surface area contributed by atoms with Gasteiger partial charge in [-0.1, -0.05) is 173 Å². The van der Waals surface area contributed by atoms with E-state index in [1.54, 1.807) is 0 Å². The molecule has 0 N–H and O–H groups in total. The lowest BCUT2D eigenvalue weighted by Crippen LogP contribution is -2.37. The van der Waals surface area contributed by atoms with E-state index in [-0.39, 0.29) is 32.0 Å². The lowest BCUT2D eigenvalue weighted by Gasteiger charge is -2.28. The maximum absolute atomic E-state index is 12.7. The van der Waals surface area contributed by atoms with Gasteiger partial charge in [0.05, 0.1) is 27.7 Å². The number of phosphoric acid groups is 1. The Morgan fingerprint density at radius 2 is 0.964 bits per heavy atom. The molecule has 0 rings (SSSR count). The first kappa shape index (κ1) is 54.5. The Balaban J connectivity index is 4.27. The third-order valence-electron chi connectivity index (χ3n) is 9.97. The van der Waals surface area contributed by atoms with E-state index >= 15 is 0 Å². The minimum Gasteiger partial charge on any atom is -0.756 e. The van der Waals surface area contributed by atoms with Crippen LogP contribution in [0, 0.1) is 0 Å². The Morgan fingerprint density at radius 3 is 1.41 bits per heavy atom. The zero-order chi connectivity index (χ0) is 41.4. The average molecular weight is 814 g/mol. The Bertz CT molecular complexity index is 1010. The van der Waals surface area contributed by atoms with Gasteiger partial charge in [-0.3, -0.25) is 14.2 Å². The molecule has 0 spiro atoms. The van der Waals surface area contributed by atoms with E-state index in [4.69, 9.17) is 18.5 Å². The number of phosphoric ester groups is 1. The van der Waals surface area contributed by atoms with Crippen molar-refractivity contribution in [2.75, 3.05) is 47.5 Å². The molecule has 0 heterocycles. The number of unbranched alkanes of at least 4 members (excludes halogenated alkanes) is 24. The number of carbonyl (C=O) groups excluding carboxylic acids is 2. The van der Waals surface area contributed by atoms with Gasteiger partial charge in [0.2, 0.25) is 0 Å². The van der Waals surface area contributed by atoms with E-state index in [1.165, 1.54) is 122 Å². The molecule has 0 saturated carbocycles. The highest BCUT2D eigenvalue weighted by atomic mass is 31.2. The van der Waals surface area contributed by atoms with Crippen LogP contribution in [0.25, 0.3) is 0 Å². The Labute approximate surface area is 345 Å². The summed E-state index contributed by atoms with van der Waals surface area (Å²) in [5.74, 6) is -0.833. The molecule has 0 saturated heterocycles. The fourth-order valence-electron chi connectivity index (χ4n) is 6.33. The molecule has 330 valence electrons. The maximum Gasteiger partial charge on any atom is 0.306 e. The lowest BCUT2D eigenvalue weighted by molar-refractivity contribution is -0.870. The molecule has 0 radical (unpaired) electrons. The van der Waals surface area contributed by atoms with Gasteiger partial charge in [0.15, 0.2) is 6.10 Å². The summed E-state index contributed by atoms with van der Waals surface area (Å²) >= 11 is 0. The first-order chi connectivity index (χ1) is 27.0. The molecule has 0 bridgehead atoms. The van der Waals surface area contributed by atoms with Crippen molar-refractivity contribution in [3.8, 4) is 0 Å². The van der Waals surface area contributed by atoms with Crippen LogP contribution in [0.15, 0.2) is 24.3 Å². The highest BCUT2D eigenvalue weighted by Gasteiger charge is 2.21. The second kappa shape index (κ2) is 39.0. The van der Waals surface area contributed by atoms with E-state index in [9.17, 15) is 19.0 Å². The van der Waals surface area contributed by atoms with Crippen LogP contribution in [0.5, 0.6) is 0 Å². The van der Waals surface area contributed by atoms with E-state index in [0.717, 1.165) is 51.4 Å². The minimum atomic E-state index is -4.62. The van der Waals surface area contributed by atoms with Gasteiger partial charge in [-0.2, -0.15) is 0 Å². The van der Waals surface area contributed by atoms with Crippen molar-refractivity contribution in [3.63, 3.8) is 0 Å². The number of esters is 2. The van der Waals surface area contributed by atoms with Gasteiger partial charge >= 0.3 is 11.9 Å². The van der Waals surface area contributed by atoms with Crippen LogP contribution in [-0.2, 0) is 32.7 Å². The molecule has 0 fully saturated rings. The molecule has 56 heavy (non-hydrogen) atoms. The summed E-state index contributed by atoms with van der Waals surface area (Å²) in [4.78, 5) is 37.5. The third kappa shape index (κ3) is 42.1. The smallest absolute Gasteiger partial charge is 0.306 e. The average Bonchev–Trinajstić information content (AvgIpc) is 3.15. The lowest BCUT2D eigenvalue weighted by atomic mass is 10.1. The monoisotopic (exact) mass is 814 g/mol. The second-order valence-electron chi connectivity index (χ2n) is 16.8. The topological polar surface area (TPSA) is 111 Å². The van der Waals surface area contributed by atoms with E-state index in [0.29, 0.717) is 17.4 Å². The summed E-state index contributed by atoms with van der Waals surface area (Å²) in [6, 6.07) is 0. The molecular weight excluding hydrogens is 725 g/mol. The molecule has 0 aliphatic heterocycles. The van der Waals surface area contributed by atoms with Gasteiger partial charge in [0.25, 0.3) is 7.82 Å². The van der Waals surface area contributed by atoms with Crippen LogP contribution in [0.1, 0.15) is 206 Å². The summed E-state index contributed by atoms with van der Waals surface area (Å²) in [5, 5.41) is 0. The van der Waals surface area contributed by atoms with Crippen LogP contribution >= 0.6 is 7.82 Å². The number of rotatable bonds is 42. The first-order valence-electron chi connectivity index (χ1n) is 23.0. The van der Waals surface area contributed by atoms with E-state index < -0.39 is 26.5 Å².